The summed E-state index contributed by atoms with van der Waals surface area (Å²) < 4.78 is 5.33. The number of methoxy groups -OCH3 is 1. The van der Waals surface area contributed by atoms with E-state index in [1.165, 1.54) is 5.69 Å². The fraction of sp³-hybridized carbons (Fsp3) is 0.304. The Morgan fingerprint density at radius 1 is 0.867 bits per heavy atom. The Morgan fingerprint density at radius 3 is 2.30 bits per heavy atom. The minimum Gasteiger partial charge on any atom is -0.497 e. The second kappa shape index (κ2) is 8.90. The van der Waals surface area contributed by atoms with Crippen LogP contribution in [0.1, 0.15) is 0 Å². The Morgan fingerprint density at radius 2 is 1.60 bits per heavy atom. The van der Waals surface area contributed by atoms with E-state index in [9.17, 15) is 0 Å². The average molecular weight is 405 g/mol. The van der Waals surface area contributed by atoms with Crippen molar-refractivity contribution in [1.29, 1.82) is 0 Å². The molecule has 0 spiro atoms. The summed E-state index contributed by atoms with van der Waals surface area (Å²) in [4.78, 5) is 16.3. The zero-order valence-electron chi connectivity index (χ0n) is 17.7. The zero-order chi connectivity index (χ0) is 20.9. The fourth-order valence-electron chi connectivity index (χ4n) is 3.51. The molecule has 1 saturated heterocycles. The van der Waals surface area contributed by atoms with Crippen molar-refractivity contribution >= 4 is 29.0 Å². The number of nitrogens with zero attached hydrogens (tertiary/aromatic N) is 5. The fourth-order valence-corrected chi connectivity index (χ4v) is 3.51. The van der Waals surface area contributed by atoms with Gasteiger partial charge in [0.15, 0.2) is 0 Å². The van der Waals surface area contributed by atoms with Crippen molar-refractivity contribution in [2.75, 3.05) is 67.4 Å². The first-order chi connectivity index (χ1) is 14.6. The molecule has 1 aliphatic heterocycles. The Labute approximate surface area is 177 Å². The topological polar surface area (TPSA) is 56.8 Å². The molecule has 0 unspecified atom stereocenters. The number of para-hydroxylation sites is 1. The van der Waals surface area contributed by atoms with Crippen molar-refractivity contribution < 1.29 is 4.74 Å². The van der Waals surface area contributed by atoms with Crippen molar-refractivity contribution in [2.24, 2.45) is 0 Å². The van der Waals surface area contributed by atoms with Gasteiger partial charge in [0.1, 0.15) is 17.4 Å². The standard InChI is InChI=1S/C23H28N6O/c1-27(2)22-17-21(24-18-8-7-11-20(16-18)30-3)25-23(26-22)29-14-12-28(13-15-29)19-9-5-4-6-10-19/h4-11,16-17H,12-15H2,1-3H3,(H,24,25,26). The molecule has 1 N–H and O–H groups in total. The van der Waals surface area contributed by atoms with Crippen LogP contribution in [0.25, 0.3) is 0 Å². The van der Waals surface area contributed by atoms with Crippen molar-refractivity contribution in [3.05, 3.63) is 60.7 Å². The molecule has 0 radical (unpaired) electrons. The van der Waals surface area contributed by atoms with Crippen LogP contribution in [-0.2, 0) is 0 Å². The lowest BCUT2D eigenvalue weighted by Crippen LogP contribution is -2.47. The molecule has 7 heteroatoms. The first-order valence-electron chi connectivity index (χ1n) is 10.1. The molecule has 156 valence electrons. The molecule has 1 aromatic heterocycles. The van der Waals surface area contributed by atoms with Crippen LogP contribution in [0.15, 0.2) is 60.7 Å². The monoisotopic (exact) mass is 404 g/mol. The van der Waals surface area contributed by atoms with Gasteiger partial charge >= 0.3 is 0 Å². The molecule has 30 heavy (non-hydrogen) atoms. The van der Waals surface area contributed by atoms with Crippen molar-refractivity contribution in [3.63, 3.8) is 0 Å². The quantitative estimate of drug-likeness (QED) is 0.673. The first kappa shape index (κ1) is 19.8. The number of hydrogen-bond donors (Lipinski definition) is 1. The summed E-state index contributed by atoms with van der Waals surface area (Å²) in [5.74, 6) is 3.19. The summed E-state index contributed by atoms with van der Waals surface area (Å²) >= 11 is 0. The van der Waals surface area contributed by atoms with Crippen LogP contribution in [0.5, 0.6) is 5.75 Å². The lowest BCUT2D eigenvalue weighted by atomic mass is 10.2. The Balaban J connectivity index is 1.53. The zero-order valence-corrected chi connectivity index (χ0v) is 17.7. The normalized spacial score (nSPS) is 13.8. The number of piperazine rings is 1. The summed E-state index contributed by atoms with van der Waals surface area (Å²) in [5, 5.41) is 3.39. The van der Waals surface area contributed by atoms with Crippen LogP contribution in [0.4, 0.5) is 29.0 Å². The number of hydrogen-bond acceptors (Lipinski definition) is 7. The van der Waals surface area contributed by atoms with Gasteiger partial charge in [0.2, 0.25) is 5.95 Å². The number of ether oxygens (including phenoxy) is 1. The van der Waals surface area contributed by atoms with Gasteiger partial charge in [0.05, 0.1) is 7.11 Å². The number of aromatic nitrogens is 2. The van der Waals surface area contributed by atoms with Crippen molar-refractivity contribution in [3.8, 4) is 5.75 Å². The van der Waals surface area contributed by atoms with Crippen molar-refractivity contribution in [1.82, 2.24) is 9.97 Å². The summed E-state index contributed by atoms with van der Waals surface area (Å²) in [6.07, 6.45) is 0. The Hall–Kier alpha value is -3.48. The summed E-state index contributed by atoms with van der Waals surface area (Å²) in [6, 6.07) is 20.3. The molecule has 7 nitrogen and oxygen atoms in total. The number of rotatable bonds is 6. The third kappa shape index (κ3) is 4.56. The summed E-state index contributed by atoms with van der Waals surface area (Å²) in [7, 11) is 5.66. The van der Waals surface area contributed by atoms with E-state index in [-0.39, 0.29) is 0 Å². The van der Waals surface area contributed by atoms with Crippen LogP contribution in [0, 0.1) is 0 Å². The third-order valence-corrected chi connectivity index (χ3v) is 5.19. The molecule has 3 aromatic rings. The molecule has 0 saturated carbocycles. The van der Waals surface area contributed by atoms with Gasteiger partial charge in [-0.05, 0) is 24.3 Å². The summed E-state index contributed by atoms with van der Waals surface area (Å²) in [5.41, 5.74) is 2.19. The van der Waals surface area contributed by atoms with Gasteiger partial charge in [-0.15, -0.1) is 0 Å². The van der Waals surface area contributed by atoms with Gasteiger partial charge in [-0.25, -0.2) is 0 Å². The second-order valence-corrected chi connectivity index (χ2v) is 7.47. The van der Waals surface area contributed by atoms with Gasteiger partial charge in [0.25, 0.3) is 0 Å². The molecule has 0 amide bonds. The van der Waals surface area contributed by atoms with Crippen LogP contribution in [-0.4, -0.2) is 57.4 Å². The van der Waals surface area contributed by atoms with Gasteiger partial charge < -0.3 is 24.8 Å². The predicted molar refractivity (Wildman–Crippen MR) is 124 cm³/mol. The maximum Gasteiger partial charge on any atom is 0.229 e. The highest BCUT2D eigenvalue weighted by Gasteiger charge is 2.20. The highest BCUT2D eigenvalue weighted by atomic mass is 16.5. The smallest absolute Gasteiger partial charge is 0.229 e. The molecule has 2 heterocycles. The molecule has 1 fully saturated rings. The molecule has 1 aliphatic rings. The van der Waals surface area contributed by atoms with E-state index in [0.717, 1.165) is 55.2 Å². The Kier molecular flexibility index (Phi) is 5.88. The minimum atomic E-state index is 0.749. The predicted octanol–water partition coefficient (Wildman–Crippen LogP) is 3.62. The van der Waals surface area contributed by atoms with Gasteiger partial charge in [-0.3, -0.25) is 0 Å². The highest BCUT2D eigenvalue weighted by Crippen LogP contribution is 2.25. The maximum atomic E-state index is 5.33. The molecule has 4 rings (SSSR count). The molecule has 0 atom stereocenters. The maximum absolute atomic E-state index is 5.33. The van der Waals surface area contributed by atoms with E-state index in [4.69, 9.17) is 14.7 Å². The largest absolute Gasteiger partial charge is 0.497 e. The van der Waals surface area contributed by atoms with Crippen molar-refractivity contribution in [2.45, 2.75) is 0 Å². The third-order valence-electron chi connectivity index (χ3n) is 5.19. The average Bonchev–Trinajstić information content (AvgIpc) is 2.79. The highest BCUT2D eigenvalue weighted by molar-refractivity contribution is 5.63. The van der Waals surface area contributed by atoms with Crippen LogP contribution >= 0.6 is 0 Å². The van der Waals surface area contributed by atoms with E-state index in [1.54, 1.807) is 7.11 Å². The molecular weight excluding hydrogens is 376 g/mol. The van der Waals surface area contributed by atoms with E-state index in [2.05, 4.69) is 45.4 Å². The molecule has 0 bridgehead atoms. The van der Waals surface area contributed by atoms with Crippen LogP contribution in [0.3, 0.4) is 0 Å². The number of nitrogens with one attached hydrogen (secondary N) is 1. The Bertz CT molecular complexity index is 970. The van der Waals surface area contributed by atoms with Gasteiger partial charge in [-0.1, -0.05) is 24.3 Å². The van der Waals surface area contributed by atoms with E-state index in [0.29, 0.717) is 0 Å². The minimum absolute atomic E-state index is 0.749. The second-order valence-electron chi connectivity index (χ2n) is 7.47. The van der Waals surface area contributed by atoms with E-state index >= 15 is 0 Å². The van der Waals surface area contributed by atoms with Gasteiger partial charge in [-0.2, -0.15) is 9.97 Å². The van der Waals surface area contributed by atoms with Gasteiger partial charge in [0, 0.05) is 63.8 Å². The molecule has 2 aromatic carbocycles. The number of anilines is 5. The summed E-state index contributed by atoms with van der Waals surface area (Å²) in [6.45, 7) is 3.64. The lowest BCUT2D eigenvalue weighted by molar-refractivity contribution is 0.415. The molecule has 0 aliphatic carbocycles. The van der Waals surface area contributed by atoms with E-state index in [1.807, 2.05) is 49.3 Å². The SMILES string of the molecule is COc1cccc(Nc2cc(N(C)C)nc(N3CCN(c4ccccc4)CC3)n2)c1. The van der Waals surface area contributed by atoms with Crippen LogP contribution in [0.2, 0.25) is 0 Å². The van der Waals surface area contributed by atoms with E-state index < -0.39 is 0 Å². The molecular formula is C23H28N6O. The van der Waals surface area contributed by atoms with Crippen LogP contribution < -0.4 is 24.8 Å². The lowest BCUT2D eigenvalue weighted by Gasteiger charge is -2.36. The number of benzene rings is 2. The first-order valence-corrected chi connectivity index (χ1v) is 10.1.